The number of aliphatic hydroxyl groups excluding tert-OH is 2. The molecular formula is C13H25NO3. The van der Waals surface area contributed by atoms with E-state index in [2.05, 4.69) is 19.2 Å². The van der Waals surface area contributed by atoms with Crippen LogP contribution in [0.15, 0.2) is 0 Å². The average Bonchev–Trinajstić information content (AvgIpc) is 2.37. The second-order valence-electron chi connectivity index (χ2n) is 5.20. The lowest BCUT2D eigenvalue weighted by Gasteiger charge is -2.32. The first-order chi connectivity index (χ1) is 8.08. The number of hydrogen-bond acceptors (Lipinski definition) is 3. The molecule has 1 aliphatic rings. The Kier molecular flexibility index (Phi) is 5.92. The molecule has 0 heterocycles. The third-order valence-electron chi connectivity index (χ3n) is 4.04. The van der Waals surface area contributed by atoms with Gasteiger partial charge in [-0.2, -0.15) is 0 Å². The van der Waals surface area contributed by atoms with Crippen molar-refractivity contribution in [3.63, 3.8) is 0 Å². The molecule has 1 rings (SSSR count). The van der Waals surface area contributed by atoms with Crippen LogP contribution in [0.4, 0.5) is 0 Å². The molecule has 0 saturated heterocycles. The largest absolute Gasteiger partial charge is 0.393 e. The Morgan fingerprint density at radius 1 is 1.35 bits per heavy atom. The predicted octanol–water partition coefficient (Wildman–Crippen LogP) is 1.06. The molecule has 1 amide bonds. The van der Waals surface area contributed by atoms with E-state index in [1.807, 2.05) is 0 Å². The molecule has 0 aliphatic heterocycles. The van der Waals surface area contributed by atoms with Crippen LogP contribution in [0.1, 0.15) is 46.0 Å². The topological polar surface area (TPSA) is 69.6 Å². The molecular weight excluding hydrogens is 218 g/mol. The van der Waals surface area contributed by atoms with Crippen molar-refractivity contribution >= 4 is 5.91 Å². The second kappa shape index (κ2) is 6.97. The summed E-state index contributed by atoms with van der Waals surface area (Å²) in [5.41, 5.74) is 0. The van der Waals surface area contributed by atoms with E-state index in [-0.39, 0.29) is 6.04 Å². The molecule has 3 N–H and O–H groups in total. The van der Waals surface area contributed by atoms with Crippen LogP contribution in [0.5, 0.6) is 0 Å². The van der Waals surface area contributed by atoms with E-state index in [4.69, 9.17) is 5.11 Å². The first-order valence-corrected chi connectivity index (χ1v) is 6.67. The molecule has 4 heteroatoms. The number of carbonyl (C=O) groups excluding carboxylic acids is 1. The van der Waals surface area contributed by atoms with Gasteiger partial charge >= 0.3 is 0 Å². The van der Waals surface area contributed by atoms with Crippen LogP contribution in [0.3, 0.4) is 0 Å². The Morgan fingerprint density at radius 2 is 1.94 bits per heavy atom. The fraction of sp³-hybridized carbons (Fsp3) is 0.923. The van der Waals surface area contributed by atoms with Crippen LogP contribution in [-0.4, -0.2) is 34.9 Å². The number of amides is 1. The summed E-state index contributed by atoms with van der Waals surface area (Å²) in [6, 6.07) is 0.170. The summed E-state index contributed by atoms with van der Waals surface area (Å²) >= 11 is 0. The van der Waals surface area contributed by atoms with Gasteiger partial charge < -0.3 is 15.5 Å². The highest BCUT2D eigenvalue weighted by Crippen LogP contribution is 2.31. The SMILES string of the molecule is CCC(C)[C@H]1CC[C@H](NC(=O)C(O)CO)CC1. The summed E-state index contributed by atoms with van der Waals surface area (Å²) < 4.78 is 0. The van der Waals surface area contributed by atoms with Crippen LogP contribution in [-0.2, 0) is 4.79 Å². The third kappa shape index (κ3) is 4.28. The standard InChI is InChI=1S/C13H25NO3/c1-3-9(2)10-4-6-11(7-5-10)14-13(17)12(16)8-15/h9-12,15-16H,3-8H2,1-2H3,(H,14,17)/t9?,10-,11-,12?. The molecule has 0 spiro atoms. The number of hydrogen-bond donors (Lipinski definition) is 3. The van der Waals surface area contributed by atoms with Gasteiger partial charge in [-0.05, 0) is 37.5 Å². The minimum atomic E-state index is -1.28. The summed E-state index contributed by atoms with van der Waals surface area (Å²) in [5.74, 6) is 1.09. The maximum atomic E-state index is 11.4. The van der Waals surface area contributed by atoms with E-state index < -0.39 is 18.6 Å². The van der Waals surface area contributed by atoms with E-state index >= 15 is 0 Å². The Hall–Kier alpha value is -0.610. The lowest BCUT2D eigenvalue weighted by atomic mass is 9.78. The molecule has 1 aliphatic carbocycles. The Balaban J connectivity index is 2.30. The van der Waals surface area contributed by atoms with Gasteiger partial charge in [0.15, 0.2) is 6.10 Å². The van der Waals surface area contributed by atoms with Crippen LogP contribution in [0.2, 0.25) is 0 Å². The zero-order valence-corrected chi connectivity index (χ0v) is 10.9. The smallest absolute Gasteiger partial charge is 0.251 e. The molecule has 1 fully saturated rings. The van der Waals surface area contributed by atoms with Crippen LogP contribution in [0.25, 0.3) is 0 Å². The van der Waals surface area contributed by atoms with Gasteiger partial charge in [0, 0.05) is 6.04 Å². The van der Waals surface area contributed by atoms with Gasteiger partial charge in [-0.15, -0.1) is 0 Å². The van der Waals surface area contributed by atoms with Gasteiger partial charge in [0.2, 0.25) is 0 Å². The van der Waals surface area contributed by atoms with Crippen LogP contribution >= 0.6 is 0 Å². The monoisotopic (exact) mass is 243 g/mol. The normalized spacial score (nSPS) is 28.5. The molecule has 17 heavy (non-hydrogen) atoms. The molecule has 1 saturated carbocycles. The zero-order chi connectivity index (χ0) is 12.8. The van der Waals surface area contributed by atoms with Gasteiger partial charge in [-0.3, -0.25) is 4.79 Å². The van der Waals surface area contributed by atoms with Gasteiger partial charge in [0.25, 0.3) is 5.91 Å². The summed E-state index contributed by atoms with van der Waals surface area (Å²) in [5, 5.41) is 20.6. The molecule has 2 unspecified atom stereocenters. The van der Waals surface area contributed by atoms with Crippen molar-refractivity contribution in [2.75, 3.05) is 6.61 Å². The number of aliphatic hydroxyl groups is 2. The van der Waals surface area contributed by atoms with Crippen molar-refractivity contribution in [2.24, 2.45) is 11.8 Å². The predicted molar refractivity (Wildman–Crippen MR) is 66.4 cm³/mol. The lowest BCUT2D eigenvalue weighted by Crippen LogP contribution is -2.44. The molecule has 100 valence electrons. The van der Waals surface area contributed by atoms with Crippen molar-refractivity contribution in [1.29, 1.82) is 0 Å². The lowest BCUT2D eigenvalue weighted by molar-refractivity contribution is -0.132. The molecule has 2 atom stereocenters. The summed E-state index contributed by atoms with van der Waals surface area (Å²) in [4.78, 5) is 11.4. The van der Waals surface area contributed by atoms with E-state index in [9.17, 15) is 9.90 Å². The Bertz CT molecular complexity index is 237. The Labute approximate surface area is 103 Å². The minimum absolute atomic E-state index is 0.170. The number of nitrogens with one attached hydrogen (secondary N) is 1. The number of carbonyl (C=O) groups is 1. The van der Waals surface area contributed by atoms with Crippen molar-refractivity contribution < 1.29 is 15.0 Å². The molecule has 0 aromatic rings. The van der Waals surface area contributed by atoms with Gasteiger partial charge in [0.05, 0.1) is 6.61 Å². The zero-order valence-electron chi connectivity index (χ0n) is 10.9. The highest BCUT2D eigenvalue weighted by atomic mass is 16.3. The van der Waals surface area contributed by atoms with Crippen molar-refractivity contribution in [2.45, 2.75) is 58.1 Å². The van der Waals surface area contributed by atoms with Crippen molar-refractivity contribution in [3.05, 3.63) is 0 Å². The highest BCUT2D eigenvalue weighted by Gasteiger charge is 2.26. The maximum absolute atomic E-state index is 11.4. The van der Waals surface area contributed by atoms with Crippen molar-refractivity contribution in [3.8, 4) is 0 Å². The van der Waals surface area contributed by atoms with Crippen LogP contribution in [0, 0.1) is 11.8 Å². The first-order valence-electron chi connectivity index (χ1n) is 6.67. The molecule has 0 radical (unpaired) electrons. The van der Waals surface area contributed by atoms with Gasteiger partial charge in [-0.25, -0.2) is 0 Å². The fourth-order valence-corrected chi connectivity index (χ4v) is 2.55. The summed E-state index contributed by atoms with van der Waals surface area (Å²) in [6.45, 7) is 4.00. The number of rotatable bonds is 5. The Morgan fingerprint density at radius 3 is 2.41 bits per heavy atom. The van der Waals surface area contributed by atoms with Crippen molar-refractivity contribution in [1.82, 2.24) is 5.32 Å². The molecule has 4 nitrogen and oxygen atoms in total. The summed E-state index contributed by atoms with van der Waals surface area (Å²) in [7, 11) is 0. The molecule has 0 aromatic carbocycles. The maximum Gasteiger partial charge on any atom is 0.251 e. The van der Waals surface area contributed by atoms with Crippen LogP contribution < -0.4 is 5.32 Å². The van der Waals surface area contributed by atoms with Gasteiger partial charge in [-0.1, -0.05) is 20.3 Å². The third-order valence-corrected chi connectivity index (χ3v) is 4.04. The highest BCUT2D eigenvalue weighted by molar-refractivity contribution is 5.80. The second-order valence-corrected chi connectivity index (χ2v) is 5.20. The van der Waals surface area contributed by atoms with E-state index in [0.29, 0.717) is 0 Å². The fourth-order valence-electron chi connectivity index (χ4n) is 2.55. The summed E-state index contributed by atoms with van der Waals surface area (Å²) in [6.07, 6.45) is 4.20. The minimum Gasteiger partial charge on any atom is -0.393 e. The quantitative estimate of drug-likeness (QED) is 0.676. The molecule has 0 aromatic heterocycles. The van der Waals surface area contributed by atoms with E-state index in [1.165, 1.54) is 6.42 Å². The van der Waals surface area contributed by atoms with Gasteiger partial charge in [0.1, 0.15) is 0 Å². The first kappa shape index (κ1) is 14.5. The average molecular weight is 243 g/mol. The molecule has 0 bridgehead atoms. The van der Waals surface area contributed by atoms with E-state index in [1.54, 1.807) is 0 Å². The van der Waals surface area contributed by atoms with E-state index in [0.717, 1.165) is 37.5 Å².